The van der Waals surface area contributed by atoms with Crippen LogP contribution in [-0.2, 0) is 18.3 Å². The van der Waals surface area contributed by atoms with Gasteiger partial charge in [-0.25, -0.2) is 4.39 Å². The molecule has 0 unspecified atom stereocenters. The van der Waals surface area contributed by atoms with Gasteiger partial charge < -0.3 is 5.73 Å². The molecule has 0 saturated heterocycles. The highest BCUT2D eigenvalue weighted by Crippen LogP contribution is 2.43. The molecule has 0 spiro atoms. The Hall–Kier alpha value is -0.890. The van der Waals surface area contributed by atoms with Crippen molar-refractivity contribution >= 4 is 0 Å². The van der Waals surface area contributed by atoms with Gasteiger partial charge in [0.2, 0.25) is 0 Å². The Labute approximate surface area is 102 Å². The lowest BCUT2D eigenvalue weighted by Gasteiger charge is -2.29. The first kappa shape index (κ1) is 11.2. The van der Waals surface area contributed by atoms with Crippen LogP contribution in [0.1, 0.15) is 48.8 Å². The van der Waals surface area contributed by atoms with E-state index in [2.05, 4.69) is 6.07 Å². The Morgan fingerprint density at radius 2 is 1.88 bits per heavy atom. The molecule has 2 aliphatic carbocycles. The number of halogens is 1. The fourth-order valence-electron chi connectivity index (χ4n) is 3.67. The molecule has 1 aromatic rings. The van der Waals surface area contributed by atoms with Crippen LogP contribution in [0.15, 0.2) is 12.1 Å². The Balaban J connectivity index is 2.09. The first-order chi connectivity index (χ1) is 8.27. The summed E-state index contributed by atoms with van der Waals surface area (Å²) in [5.74, 6) is 0.0624. The first-order valence-electron chi connectivity index (χ1n) is 6.78. The zero-order valence-electron chi connectivity index (χ0n) is 10.3. The highest BCUT2D eigenvalue weighted by molar-refractivity contribution is 5.41. The third-order valence-corrected chi connectivity index (χ3v) is 4.74. The van der Waals surface area contributed by atoms with Gasteiger partial charge in [-0.3, -0.25) is 0 Å². The maximum absolute atomic E-state index is 14.6. The largest absolute Gasteiger partial charge is 0.330 e. The number of nitrogens with two attached hydrogens (primary N) is 1. The van der Waals surface area contributed by atoms with Gasteiger partial charge in [0.1, 0.15) is 5.82 Å². The number of hydrogen-bond acceptors (Lipinski definition) is 1. The number of aryl methyl sites for hydroxylation is 1. The maximum atomic E-state index is 14.6. The van der Waals surface area contributed by atoms with E-state index in [1.165, 1.54) is 18.4 Å². The van der Waals surface area contributed by atoms with E-state index < -0.39 is 0 Å². The minimum Gasteiger partial charge on any atom is -0.330 e. The van der Waals surface area contributed by atoms with Crippen molar-refractivity contribution < 1.29 is 4.39 Å². The minimum atomic E-state index is -0.0678. The van der Waals surface area contributed by atoms with Gasteiger partial charge in [-0.15, -0.1) is 0 Å². The number of benzene rings is 1. The second kappa shape index (κ2) is 4.09. The van der Waals surface area contributed by atoms with E-state index in [4.69, 9.17) is 5.73 Å². The average molecular weight is 233 g/mol. The summed E-state index contributed by atoms with van der Waals surface area (Å²) in [6.07, 6.45) is 7.54. The number of rotatable bonds is 2. The van der Waals surface area contributed by atoms with Crippen LogP contribution in [0.4, 0.5) is 4.39 Å². The summed E-state index contributed by atoms with van der Waals surface area (Å²) in [4.78, 5) is 0. The lowest BCUT2D eigenvalue weighted by atomic mass is 9.77. The summed E-state index contributed by atoms with van der Waals surface area (Å²) in [5.41, 5.74) is 8.97. The Kier molecular flexibility index (Phi) is 2.70. The molecule has 1 nitrogen and oxygen atoms in total. The molecule has 92 valence electrons. The van der Waals surface area contributed by atoms with Crippen molar-refractivity contribution in [2.45, 2.75) is 50.4 Å². The SMILES string of the molecule is NCC1(c2ccc3c(c2F)CCC3)CCCC1. The maximum Gasteiger partial charge on any atom is 0.130 e. The van der Waals surface area contributed by atoms with Gasteiger partial charge in [0.25, 0.3) is 0 Å². The summed E-state index contributed by atoms with van der Waals surface area (Å²) in [5, 5.41) is 0. The lowest BCUT2D eigenvalue weighted by Crippen LogP contribution is -2.33. The predicted molar refractivity (Wildman–Crippen MR) is 67.6 cm³/mol. The second-order valence-electron chi connectivity index (χ2n) is 5.61. The molecule has 2 N–H and O–H groups in total. The Morgan fingerprint density at radius 1 is 1.12 bits per heavy atom. The van der Waals surface area contributed by atoms with Crippen molar-refractivity contribution in [2.24, 2.45) is 5.73 Å². The first-order valence-corrected chi connectivity index (χ1v) is 6.78. The van der Waals surface area contributed by atoms with Crippen LogP contribution in [-0.4, -0.2) is 6.54 Å². The van der Waals surface area contributed by atoms with Gasteiger partial charge in [-0.2, -0.15) is 0 Å². The molecule has 3 rings (SSSR count). The standard InChI is InChI=1S/C15H20FN/c16-14-12-5-3-4-11(12)6-7-13(14)15(10-17)8-1-2-9-15/h6-7H,1-5,8-10,17H2. The van der Waals surface area contributed by atoms with E-state index in [1.807, 2.05) is 6.07 Å². The molecule has 0 atom stereocenters. The molecular formula is C15H20FN. The molecule has 17 heavy (non-hydrogen) atoms. The summed E-state index contributed by atoms with van der Waals surface area (Å²) in [6, 6.07) is 4.15. The van der Waals surface area contributed by atoms with Crippen molar-refractivity contribution in [3.63, 3.8) is 0 Å². The molecule has 0 aromatic heterocycles. The van der Waals surface area contributed by atoms with Crippen molar-refractivity contribution in [2.75, 3.05) is 6.54 Å². The van der Waals surface area contributed by atoms with Crippen LogP contribution in [0.25, 0.3) is 0 Å². The van der Waals surface area contributed by atoms with Crippen LogP contribution < -0.4 is 5.73 Å². The van der Waals surface area contributed by atoms with Gasteiger partial charge in [0.05, 0.1) is 0 Å². The highest BCUT2D eigenvalue weighted by Gasteiger charge is 2.37. The lowest BCUT2D eigenvalue weighted by molar-refractivity contribution is 0.424. The fraction of sp³-hybridized carbons (Fsp3) is 0.600. The van der Waals surface area contributed by atoms with Crippen LogP contribution in [0.2, 0.25) is 0 Å². The Bertz CT molecular complexity index is 433. The molecule has 2 aliphatic rings. The van der Waals surface area contributed by atoms with E-state index in [9.17, 15) is 4.39 Å². The molecule has 1 saturated carbocycles. The number of fused-ring (bicyclic) bond motifs is 1. The van der Waals surface area contributed by atoms with Gasteiger partial charge >= 0.3 is 0 Å². The molecule has 0 aliphatic heterocycles. The monoisotopic (exact) mass is 233 g/mol. The van der Waals surface area contributed by atoms with Gasteiger partial charge in [0, 0.05) is 12.0 Å². The van der Waals surface area contributed by atoms with Crippen molar-refractivity contribution in [3.05, 3.63) is 34.6 Å². The van der Waals surface area contributed by atoms with Crippen LogP contribution >= 0.6 is 0 Å². The van der Waals surface area contributed by atoms with E-state index in [0.29, 0.717) is 6.54 Å². The fourth-order valence-corrected chi connectivity index (χ4v) is 3.67. The topological polar surface area (TPSA) is 26.0 Å². The smallest absolute Gasteiger partial charge is 0.130 e. The molecule has 0 radical (unpaired) electrons. The van der Waals surface area contributed by atoms with E-state index in [1.54, 1.807) is 0 Å². The third kappa shape index (κ3) is 1.61. The van der Waals surface area contributed by atoms with E-state index in [0.717, 1.165) is 43.2 Å². The van der Waals surface area contributed by atoms with Crippen molar-refractivity contribution in [3.8, 4) is 0 Å². The normalized spacial score (nSPS) is 21.8. The summed E-state index contributed by atoms with van der Waals surface area (Å²) >= 11 is 0. The highest BCUT2D eigenvalue weighted by atomic mass is 19.1. The molecule has 0 amide bonds. The van der Waals surface area contributed by atoms with E-state index in [-0.39, 0.29) is 11.2 Å². The summed E-state index contributed by atoms with van der Waals surface area (Å²) < 4.78 is 14.6. The zero-order valence-corrected chi connectivity index (χ0v) is 10.3. The molecule has 2 heteroatoms. The van der Waals surface area contributed by atoms with Crippen molar-refractivity contribution in [1.29, 1.82) is 0 Å². The molecule has 0 bridgehead atoms. The number of hydrogen-bond donors (Lipinski definition) is 1. The van der Waals surface area contributed by atoms with Crippen molar-refractivity contribution in [1.82, 2.24) is 0 Å². The quantitative estimate of drug-likeness (QED) is 0.834. The molecule has 1 aromatic carbocycles. The second-order valence-corrected chi connectivity index (χ2v) is 5.61. The average Bonchev–Trinajstić information content (AvgIpc) is 2.98. The van der Waals surface area contributed by atoms with Crippen LogP contribution in [0.5, 0.6) is 0 Å². The summed E-state index contributed by atoms with van der Waals surface area (Å²) in [7, 11) is 0. The van der Waals surface area contributed by atoms with Gasteiger partial charge in [-0.05, 0) is 48.8 Å². The predicted octanol–water partition coefficient (Wildman–Crippen LogP) is 3.08. The van der Waals surface area contributed by atoms with Crippen LogP contribution in [0, 0.1) is 5.82 Å². The van der Waals surface area contributed by atoms with Crippen LogP contribution in [0.3, 0.4) is 0 Å². The molecule has 0 heterocycles. The van der Waals surface area contributed by atoms with Gasteiger partial charge in [-0.1, -0.05) is 25.0 Å². The van der Waals surface area contributed by atoms with E-state index >= 15 is 0 Å². The zero-order chi connectivity index (χ0) is 11.9. The Morgan fingerprint density at radius 3 is 2.59 bits per heavy atom. The molecular weight excluding hydrogens is 213 g/mol. The molecule has 1 fully saturated rings. The third-order valence-electron chi connectivity index (χ3n) is 4.74. The minimum absolute atomic E-state index is 0.0624. The van der Waals surface area contributed by atoms with Gasteiger partial charge in [0.15, 0.2) is 0 Å². The summed E-state index contributed by atoms with van der Waals surface area (Å²) in [6.45, 7) is 0.586.